The number of carboxylic acid groups (broad SMARTS) is 1. The molecule has 2 aromatic carbocycles. The van der Waals surface area contributed by atoms with Crippen molar-refractivity contribution in [3.63, 3.8) is 0 Å². The Morgan fingerprint density at radius 2 is 1.72 bits per heavy atom. The van der Waals surface area contributed by atoms with Gasteiger partial charge in [0.15, 0.2) is 0 Å². The Morgan fingerprint density at radius 1 is 1.00 bits per heavy atom. The number of hydrogen-bond donors (Lipinski definition) is 3. The van der Waals surface area contributed by atoms with Gasteiger partial charge in [-0.2, -0.15) is 13.2 Å². The maximum absolute atomic E-state index is 13.0. The number of carbonyl (C=O) groups excluding carboxylic acids is 2. The highest BCUT2D eigenvalue weighted by Crippen LogP contribution is 2.34. The Hall–Kier alpha value is -3.27. The lowest BCUT2D eigenvalue weighted by Gasteiger charge is -2.13. The standard InChI is InChI=1S/C19H15F3N2O4S/c20-19(21,22)14-6-1-2-7-15(14)24-17(26)11-29-13-5-3-4-12(10-13)23-16(25)8-9-18(27)28/h1-10H,11H2,(H,23,25)(H,24,26)(H,27,28)/b9-8+. The van der Waals surface area contributed by atoms with E-state index in [1.165, 1.54) is 18.2 Å². The highest BCUT2D eigenvalue weighted by atomic mass is 32.2. The third-order valence-electron chi connectivity index (χ3n) is 3.36. The van der Waals surface area contributed by atoms with Crippen molar-refractivity contribution >= 4 is 40.9 Å². The van der Waals surface area contributed by atoms with Gasteiger partial charge in [0.2, 0.25) is 11.8 Å². The summed E-state index contributed by atoms with van der Waals surface area (Å²) in [6, 6.07) is 11.1. The first-order valence-corrected chi connectivity index (χ1v) is 9.04. The number of hydrogen-bond acceptors (Lipinski definition) is 4. The maximum Gasteiger partial charge on any atom is 0.418 e. The molecular formula is C19H15F3N2O4S. The molecule has 3 N–H and O–H groups in total. The number of thioether (sulfide) groups is 1. The van der Waals surface area contributed by atoms with Crippen LogP contribution in [0.15, 0.2) is 65.6 Å². The van der Waals surface area contributed by atoms with Crippen LogP contribution in [0.5, 0.6) is 0 Å². The number of amides is 2. The zero-order valence-electron chi connectivity index (χ0n) is 14.7. The summed E-state index contributed by atoms with van der Waals surface area (Å²) >= 11 is 1.06. The summed E-state index contributed by atoms with van der Waals surface area (Å²) < 4.78 is 38.9. The fraction of sp³-hybridized carbons (Fsp3) is 0.105. The molecule has 0 fully saturated rings. The maximum atomic E-state index is 13.0. The van der Waals surface area contributed by atoms with E-state index < -0.39 is 29.5 Å². The normalized spacial score (nSPS) is 11.3. The van der Waals surface area contributed by atoms with Gasteiger partial charge in [0.05, 0.1) is 17.0 Å². The zero-order valence-corrected chi connectivity index (χ0v) is 15.5. The van der Waals surface area contributed by atoms with E-state index in [0.717, 1.165) is 23.9 Å². The van der Waals surface area contributed by atoms with Crippen molar-refractivity contribution in [2.24, 2.45) is 0 Å². The van der Waals surface area contributed by atoms with Gasteiger partial charge >= 0.3 is 12.1 Å². The molecule has 10 heteroatoms. The summed E-state index contributed by atoms with van der Waals surface area (Å²) in [4.78, 5) is 34.6. The number of benzene rings is 2. The Bertz CT molecular complexity index is 945. The molecule has 2 rings (SSSR count). The molecule has 0 unspecified atom stereocenters. The molecule has 2 aromatic rings. The molecule has 0 aliphatic rings. The number of nitrogens with one attached hydrogen (secondary N) is 2. The highest BCUT2D eigenvalue weighted by molar-refractivity contribution is 8.00. The summed E-state index contributed by atoms with van der Waals surface area (Å²) in [6.07, 6.45) is -3.04. The molecule has 0 bridgehead atoms. The Kier molecular flexibility index (Phi) is 7.43. The molecule has 0 aliphatic heterocycles. The summed E-state index contributed by atoms with van der Waals surface area (Å²) in [5.74, 6) is -2.67. The van der Waals surface area contributed by atoms with Crippen molar-refractivity contribution in [3.05, 3.63) is 66.2 Å². The van der Waals surface area contributed by atoms with Gasteiger partial charge in [-0.15, -0.1) is 11.8 Å². The van der Waals surface area contributed by atoms with Gasteiger partial charge < -0.3 is 15.7 Å². The van der Waals surface area contributed by atoms with Crippen LogP contribution in [0.4, 0.5) is 24.5 Å². The molecular weight excluding hydrogens is 409 g/mol. The van der Waals surface area contributed by atoms with E-state index in [-0.39, 0.29) is 11.4 Å². The van der Waals surface area contributed by atoms with Crippen LogP contribution in [0.1, 0.15) is 5.56 Å². The Balaban J connectivity index is 1.96. The van der Waals surface area contributed by atoms with Crippen LogP contribution in [0, 0.1) is 0 Å². The van der Waals surface area contributed by atoms with E-state index in [9.17, 15) is 27.6 Å². The molecule has 6 nitrogen and oxygen atoms in total. The summed E-state index contributed by atoms with van der Waals surface area (Å²) in [5.41, 5.74) is -0.882. The molecule has 0 atom stereocenters. The third-order valence-corrected chi connectivity index (χ3v) is 4.35. The van der Waals surface area contributed by atoms with Crippen molar-refractivity contribution < 1.29 is 32.7 Å². The monoisotopic (exact) mass is 424 g/mol. The molecule has 152 valence electrons. The Labute approximate surface area is 167 Å². The van der Waals surface area contributed by atoms with E-state index in [0.29, 0.717) is 16.7 Å². The van der Waals surface area contributed by atoms with Crippen LogP contribution < -0.4 is 10.6 Å². The third kappa shape index (κ3) is 7.34. The lowest BCUT2D eigenvalue weighted by Crippen LogP contribution is -2.18. The van der Waals surface area contributed by atoms with Crippen LogP contribution in [-0.2, 0) is 20.6 Å². The topological polar surface area (TPSA) is 95.5 Å². The number of carboxylic acids is 1. The lowest BCUT2D eigenvalue weighted by atomic mass is 10.1. The number of alkyl halides is 3. The second kappa shape index (κ2) is 9.78. The van der Waals surface area contributed by atoms with Crippen molar-refractivity contribution in [1.82, 2.24) is 0 Å². The van der Waals surface area contributed by atoms with Gasteiger partial charge in [0, 0.05) is 22.7 Å². The first kappa shape index (κ1) is 22.0. The highest BCUT2D eigenvalue weighted by Gasteiger charge is 2.33. The van der Waals surface area contributed by atoms with Crippen molar-refractivity contribution in [1.29, 1.82) is 0 Å². The van der Waals surface area contributed by atoms with Crippen molar-refractivity contribution in [2.75, 3.05) is 16.4 Å². The average Bonchev–Trinajstić information content (AvgIpc) is 2.65. The van der Waals surface area contributed by atoms with E-state index in [2.05, 4.69) is 10.6 Å². The lowest BCUT2D eigenvalue weighted by molar-refractivity contribution is -0.137. The van der Waals surface area contributed by atoms with Gasteiger partial charge in [-0.3, -0.25) is 9.59 Å². The van der Waals surface area contributed by atoms with Crippen LogP contribution in [-0.4, -0.2) is 28.6 Å². The van der Waals surface area contributed by atoms with Crippen LogP contribution in [0.3, 0.4) is 0 Å². The first-order chi connectivity index (χ1) is 13.6. The minimum atomic E-state index is -4.58. The SMILES string of the molecule is O=C(O)/C=C/C(=O)Nc1cccc(SCC(=O)Nc2ccccc2C(F)(F)F)c1. The van der Waals surface area contributed by atoms with Gasteiger partial charge in [-0.1, -0.05) is 18.2 Å². The van der Waals surface area contributed by atoms with Gasteiger partial charge in [0.25, 0.3) is 0 Å². The number of rotatable bonds is 7. The quantitative estimate of drug-likeness (QED) is 0.461. The fourth-order valence-electron chi connectivity index (χ4n) is 2.17. The van der Waals surface area contributed by atoms with E-state index in [1.54, 1.807) is 24.3 Å². The summed E-state index contributed by atoms with van der Waals surface area (Å²) in [5, 5.41) is 13.2. The van der Waals surface area contributed by atoms with Crippen molar-refractivity contribution in [3.8, 4) is 0 Å². The number of carbonyl (C=O) groups is 3. The second-order valence-corrected chi connectivity index (χ2v) is 6.62. The minimum absolute atomic E-state index is 0.150. The number of para-hydroxylation sites is 1. The predicted octanol–water partition coefficient (Wildman–Crippen LogP) is 4.02. The number of aliphatic carboxylic acids is 1. The van der Waals surface area contributed by atoms with Crippen LogP contribution in [0.25, 0.3) is 0 Å². The summed E-state index contributed by atoms with van der Waals surface area (Å²) in [7, 11) is 0. The van der Waals surface area contributed by atoms with Crippen LogP contribution in [0.2, 0.25) is 0 Å². The smallest absolute Gasteiger partial charge is 0.418 e. The van der Waals surface area contributed by atoms with Crippen LogP contribution >= 0.6 is 11.8 Å². The number of halogens is 3. The van der Waals surface area contributed by atoms with E-state index in [4.69, 9.17) is 5.11 Å². The number of anilines is 2. The Morgan fingerprint density at radius 3 is 2.41 bits per heavy atom. The molecule has 0 saturated carbocycles. The average molecular weight is 424 g/mol. The van der Waals surface area contributed by atoms with Gasteiger partial charge in [0.1, 0.15) is 0 Å². The van der Waals surface area contributed by atoms with E-state index >= 15 is 0 Å². The molecule has 0 heterocycles. The molecule has 29 heavy (non-hydrogen) atoms. The molecule has 0 aromatic heterocycles. The minimum Gasteiger partial charge on any atom is -0.478 e. The van der Waals surface area contributed by atoms with Gasteiger partial charge in [-0.25, -0.2) is 4.79 Å². The van der Waals surface area contributed by atoms with Gasteiger partial charge in [-0.05, 0) is 30.3 Å². The van der Waals surface area contributed by atoms with Crippen molar-refractivity contribution in [2.45, 2.75) is 11.1 Å². The molecule has 0 saturated heterocycles. The predicted molar refractivity (Wildman–Crippen MR) is 103 cm³/mol. The molecule has 0 spiro atoms. The fourth-order valence-corrected chi connectivity index (χ4v) is 2.92. The summed E-state index contributed by atoms with van der Waals surface area (Å²) in [6.45, 7) is 0. The second-order valence-electron chi connectivity index (χ2n) is 5.57. The molecule has 0 radical (unpaired) electrons. The molecule has 0 aliphatic carbocycles. The zero-order chi connectivity index (χ0) is 21.4. The largest absolute Gasteiger partial charge is 0.478 e. The molecule has 2 amide bonds. The van der Waals surface area contributed by atoms with E-state index in [1.807, 2.05) is 0 Å². The first-order valence-electron chi connectivity index (χ1n) is 8.06.